The number of aromatic nitrogens is 1. The molecular weight excluding hydrogens is 276 g/mol. The highest BCUT2D eigenvalue weighted by molar-refractivity contribution is 7.09. The fourth-order valence-corrected chi connectivity index (χ4v) is 2.11. The van der Waals surface area contributed by atoms with Crippen LogP contribution in [0.2, 0.25) is 5.02 Å². The Kier molecular flexibility index (Phi) is 3.78. The van der Waals surface area contributed by atoms with Gasteiger partial charge in [-0.3, -0.25) is 10.1 Å². The molecule has 2 rings (SSSR count). The summed E-state index contributed by atoms with van der Waals surface area (Å²) in [6, 6.07) is 4.09. The molecule has 0 saturated heterocycles. The van der Waals surface area contributed by atoms with E-state index >= 15 is 0 Å². The minimum atomic E-state index is -0.490. The lowest BCUT2D eigenvalue weighted by Gasteiger charge is -2.05. The van der Waals surface area contributed by atoms with Crippen LogP contribution in [0, 0.1) is 17.0 Å². The molecule has 0 aliphatic carbocycles. The zero-order valence-electron chi connectivity index (χ0n) is 9.42. The molecule has 0 atom stereocenters. The first kappa shape index (κ1) is 12.8. The number of nitro groups is 1. The molecule has 0 N–H and O–H groups in total. The summed E-state index contributed by atoms with van der Waals surface area (Å²) in [5.74, 6) is 0.288. The smallest absolute Gasteiger partial charge is 0.273 e. The van der Waals surface area contributed by atoms with Gasteiger partial charge in [-0.1, -0.05) is 11.6 Å². The third kappa shape index (κ3) is 2.96. The quantitative estimate of drug-likeness (QED) is 0.635. The second-order valence-electron chi connectivity index (χ2n) is 3.52. The van der Waals surface area contributed by atoms with Gasteiger partial charge in [-0.2, -0.15) is 0 Å². The molecule has 5 nitrogen and oxygen atoms in total. The van der Waals surface area contributed by atoms with Gasteiger partial charge in [-0.05, 0) is 13.0 Å². The predicted octanol–water partition coefficient (Wildman–Crippen LogP) is 3.59. The number of nitrogens with zero attached hydrogens (tertiary/aromatic N) is 2. The minimum absolute atomic E-state index is 0.0520. The molecule has 0 saturated carbocycles. The third-order valence-electron chi connectivity index (χ3n) is 2.17. The zero-order chi connectivity index (χ0) is 13.1. The zero-order valence-corrected chi connectivity index (χ0v) is 11.0. The number of non-ortho nitro benzene ring substituents is 1. The van der Waals surface area contributed by atoms with Gasteiger partial charge in [0.1, 0.15) is 12.4 Å². The summed E-state index contributed by atoms with van der Waals surface area (Å²) in [5.41, 5.74) is 0.726. The molecule has 1 aromatic heterocycles. The average Bonchev–Trinajstić information content (AvgIpc) is 2.74. The third-order valence-corrected chi connectivity index (χ3v) is 3.30. The normalized spacial score (nSPS) is 10.3. The van der Waals surface area contributed by atoms with E-state index in [0.29, 0.717) is 5.02 Å². The summed E-state index contributed by atoms with van der Waals surface area (Å²) in [7, 11) is 0. The van der Waals surface area contributed by atoms with Gasteiger partial charge in [0.25, 0.3) is 5.69 Å². The average molecular weight is 285 g/mol. The summed E-state index contributed by atoms with van der Waals surface area (Å²) in [4.78, 5) is 14.4. The van der Waals surface area contributed by atoms with Crippen molar-refractivity contribution >= 4 is 28.6 Å². The van der Waals surface area contributed by atoms with Gasteiger partial charge in [-0.25, -0.2) is 4.98 Å². The highest BCUT2D eigenvalue weighted by atomic mass is 35.5. The van der Waals surface area contributed by atoms with Gasteiger partial charge in [0, 0.05) is 11.4 Å². The molecule has 0 fully saturated rings. The molecule has 18 heavy (non-hydrogen) atoms. The Bertz CT molecular complexity index is 585. The molecule has 0 spiro atoms. The molecular formula is C11H9ClN2O3S. The topological polar surface area (TPSA) is 65.3 Å². The number of benzene rings is 1. The van der Waals surface area contributed by atoms with Crippen LogP contribution in [-0.4, -0.2) is 9.91 Å². The van der Waals surface area contributed by atoms with E-state index in [2.05, 4.69) is 4.98 Å². The van der Waals surface area contributed by atoms with Crippen molar-refractivity contribution < 1.29 is 9.66 Å². The van der Waals surface area contributed by atoms with E-state index in [1.54, 1.807) is 0 Å². The Morgan fingerprint density at radius 2 is 2.33 bits per heavy atom. The Morgan fingerprint density at radius 1 is 1.56 bits per heavy atom. The van der Waals surface area contributed by atoms with Crippen molar-refractivity contribution in [2.24, 2.45) is 0 Å². The van der Waals surface area contributed by atoms with Crippen molar-refractivity contribution in [1.82, 2.24) is 4.98 Å². The van der Waals surface area contributed by atoms with Crippen LogP contribution >= 0.6 is 22.9 Å². The lowest BCUT2D eigenvalue weighted by Crippen LogP contribution is -1.97. The summed E-state index contributed by atoms with van der Waals surface area (Å²) >= 11 is 7.43. The second kappa shape index (κ2) is 5.32. The van der Waals surface area contributed by atoms with Gasteiger partial charge in [-0.15, -0.1) is 11.3 Å². The molecule has 0 bridgehead atoms. The fraction of sp³-hybridized carbons (Fsp3) is 0.182. The van der Waals surface area contributed by atoms with Gasteiger partial charge in [0.2, 0.25) is 0 Å². The van der Waals surface area contributed by atoms with Crippen molar-refractivity contribution in [2.75, 3.05) is 0 Å². The molecule has 0 amide bonds. The van der Waals surface area contributed by atoms with Crippen LogP contribution in [0.15, 0.2) is 23.6 Å². The number of rotatable bonds is 4. The number of hydrogen-bond acceptors (Lipinski definition) is 5. The molecule has 0 aliphatic heterocycles. The van der Waals surface area contributed by atoms with Crippen LogP contribution in [-0.2, 0) is 6.61 Å². The van der Waals surface area contributed by atoms with Crippen LogP contribution in [0.1, 0.15) is 10.7 Å². The largest absolute Gasteiger partial charge is 0.485 e. The molecule has 94 valence electrons. The van der Waals surface area contributed by atoms with Crippen LogP contribution < -0.4 is 4.74 Å². The first-order valence-electron chi connectivity index (χ1n) is 5.04. The Morgan fingerprint density at radius 3 is 2.94 bits per heavy atom. The Labute approximate surface area is 112 Å². The summed E-state index contributed by atoms with van der Waals surface area (Å²) < 4.78 is 5.43. The molecule has 0 aliphatic rings. The van der Waals surface area contributed by atoms with E-state index in [4.69, 9.17) is 16.3 Å². The standard InChI is InChI=1S/C11H9ClN2O3S/c1-7-13-8(6-18-7)5-17-11-4-9(14(15)16)2-3-10(11)12/h2-4,6H,5H2,1H3. The van der Waals surface area contributed by atoms with Crippen LogP contribution in [0.3, 0.4) is 0 Å². The number of aryl methyl sites for hydroxylation is 1. The van der Waals surface area contributed by atoms with E-state index in [-0.39, 0.29) is 18.0 Å². The number of nitro benzene ring substituents is 1. The van der Waals surface area contributed by atoms with E-state index in [0.717, 1.165) is 10.7 Å². The molecule has 0 unspecified atom stereocenters. The van der Waals surface area contributed by atoms with Gasteiger partial charge < -0.3 is 4.74 Å². The van der Waals surface area contributed by atoms with Crippen molar-refractivity contribution in [3.63, 3.8) is 0 Å². The molecule has 7 heteroatoms. The first-order chi connectivity index (χ1) is 8.56. The van der Waals surface area contributed by atoms with E-state index in [1.165, 1.54) is 29.5 Å². The maximum absolute atomic E-state index is 10.6. The van der Waals surface area contributed by atoms with Crippen molar-refractivity contribution in [2.45, 2.75) is 13.5 Å². The Hall–Kier alpha value is -1.66. The van der Waals surface area contributed by atoms with E-state index in [1.807, 2.05) is 12.3 Å². The Balaban J connectivity index is 2.13. The lowest BCUT2D eigenvalue weighted by atomic mass is 10.3. The maximum Gasteiger partial charge on any atom is 0.273 e. The summed E-state index contributed by atoms with van der Waals surface area (Å²) in [5, 5.41) is 13.8. The number of hydrogen-bond donors (Lipinski definition) is 0. The minimum Gasteiger partial charge on any atom is -0.485 e. The van der Waals surface area contributed by atoms with Crippen molar-refractivity contribution in [1.29, 1.82) is 0 Å². The highest BCUT2D eigenvalue weighted by Crippen LogP contribution is 2.29. The van der Waals surface area contributed by atoms with Gasteiger partial charge >= 0.3 is 0 Å². The van der Waals surface area contributed by atoms with Gasteiger partial charge in [0.15, 0.2) is 0 Å². The first-order valence-corrected chi connectivity index (χ1v) is 6.30. The maximum atomic E-state index is 10.6. The van der Waals surface area contributed by atoms with Crippen LogP contribution in [0.4, 0.5) is 5.69 Å². The van der Waals surface area contributed by atoms with Crippen LogP contribution in [0.25, 0.3) is 0 Å². The fourth-order valence-electron chi connectivity index (χ4n) is 1.34. The van der Waals surface area contributed by atoms with Crippen molar-refractivity contribution in [3.8, 4) is 5.75 Å². The highest BCUT2D eigenvalue weighted by Gasteiger charge is 2.11. The molecule has 1 aromatic carbocycles. The predicted molar refractivity (Wildman–Crippen MR) is 69.3 cm³/mol. The molecule has 1 heterocycles. The van der Waals surface area contributed by atoms with Crippen molar-refractivity contribution in [3.05, 3.63) is 49.4 Å². The second-order valence-corrected chi connectivity index (χ2v) is 4.99. The molecule has 2 aromatic rings. The van der Waals surface area contributed by atoms with Gasteiger partial charge in [0.05, 0.1) is 26.7 Å². The molecule has 0 radical (unpaired) electrons. The van der Waals surface area contributed by atoms with E-state index in [9.17, 15) is 10.1 Å². The lowest BCUT2D eigenvalue weighted by molar-refractivity contribution is -0.384. The summed E-state index contributed by atoms with van der Waals surface area (Å²) in [6.45, 7) is 2.14. The number of thiazole rings is 1. The van der Waals surface area contributed by atoms with E-state index < -0.39 is 4.92 Å². The number of ether oxygens (including phenoxy) is 1. The number of halogens is 1. The monoisotopic (exact) mass is 284 g/mol. The van der Waals surface area contributed by atoms with Crippen LogP contribution in [0.5, 0.6) is 5.75 Å². The summed E-state index contributed by atoms with van der Waals surface area (Å²) in [6.07, 6.45) is 0. The SMILES string of the molecule is Cc1nc(COc2cc([N+](=O)[O-])ccc2Cl)cs1.